The van der Waals surface area contributed by atoms with Gasteiger partial charge < -0.3 is 4.90 Å². The number of fused-ring (bicyclic) bond motifs is 1. The number of rotatable bonds is 3. The third-order valence-corrected chi connectivity index (χ3v) is 3.73. The van der Waals surface area contributed by atoms with Crippen LogP contribution in [-0.4, -0.2) is 38.5 Å². The summed E-state index contributed by atoms with van der Waals surface area (Å²) in [6.07, 6.45) is 7.02. The zero-order valence-corrected chi connectivity index (χ0v) is 11.1. The zero-order valence-electron chi connectivity index (χ0n) is 11.1. The van der Waals surface area contributed by atoms with Crippen LogP contribution in [0.15, 0.2) is 24.5 Å². The summed E-state index contributed by atoms with van der Waals surface area (Å²) >= 11 is 0. The molecule has 5 heteroatoms. The third-order valence-electron chi connectivity index (χ3n) is 3.73. The van der Waals surface area contributed by atoms with Crippen molar-refractivity contribution in [3.63, 3.8) is 0 Å². The Labute approximate surface area is 112 Å². The number of likely N-dealkylation sites (tertiary alicyclic amines) is 1. The van der Waals surface area contributed by atoms with Gasteiger partial charge in [0.25, 0.3) is 5.91 Å². The Bertz CT molecular complexity index is 559. The second-order valence-corrected chi connectivity index (χ2v) is 5.15. The first-order valence-electron chi connectivity index (χ1n) is 6.87. The largest absolute Gasteiger partial charge is 0.337 e. The van der Waals surface area contributed by atoms with Gasteiger partial charge in [-0.05, 0) is 24.8 Å². The molecule has 0 aromatic carbocycles. The molecule has 100 valence electrons. The Morgan fingerprint density at radius 1 is 1.53 bits per heavy atom. The maximum atomic E-state index is 12.4. The van der Waals surface area contributed by atoms with E-state index in [-0.39, 0.29) is 5.91 Å². The van der Waals surface area contributed by atoms with Crippen LogP contribution in [0.4, 0.5) is 0 Å². The van der Waals surface area contributed by atoms with Crippen molar-refractivity contribution in [1.29, 1.82) is 0 Å². The molecule has 1 saturated heterocycles. The van der Waals surface area contributed by atoms with Gasteiger partial charge in [-0.1, -0.05) is 13.3 Å². The molecule has 1 fully saturated rings. The van der Waals surface area contributed by atoms with Crippen LogP contribution in [-0.2, 0) is 0 Å². The Morgan fingerprint density at radius 3 is 3.21 bits per heavy atom. The maximum Gasteiger partial charge on any atom is 0.274 e. The second-order valence-electron chi connectivity index (χ2n) is 5.15. The summed E-state index contributed by atoms with van der Waals surface area (Å²) in [5, 5.41) is 4.29. The van der Waals surface area contributed by atoms with Crippen molar-refractivity contribution >= 4 is 11.6 Å². The number of amides is 1. The highest BCUT2D eigenvalue weighted by molar-refractivity contribution is 5.93. The number of carbonyl (C=O) groups excluding carboxylic acids is 1. The lowest BCUT2D eigenvalue weighted by atomic mass is 10.0. The number of aromatic nitrogens is 3. The molecule has 0 N–H and O–H groups in total. The van der Waals surface area contributed by atoms with E-state index in [1.807, 2.05) is 11.1 Å². The lowest BCUT2D eigenvalue weighted by molar-refractivity contribution is 0.0780. The van der Waals surface area contributed by atoms with Crippen molar-refractivity contribution in [3.8, 4) is 0 Å². The van der Waals surface area contributed by atoms with E-state index in [0.717, 1.165) is 25.2 Å². The fourth-order valence-corrected chi connectivity index (χ4v) is 2.76. The van der Waals surface area contributed by atoms with Crippen molar-refractivity contribution in [2.24, 2.45) is 5.92 Å². The lowest BCUT2D eigenvalue weighted by Gasteiger charge is -2.14. The lowest BCUT2D eigenvalue weighted by Crippen LogP contribution is -2.29. The number of carbonyl (C=O) groups is 1. The summed E-state index contributed by atoms with van der Waals surface area (Å²) in [6, 6.07) is 3.57. The van der Waals surface area contributed by atoms with Gasteiger partial charge in [0, 0.05) is 31.5 Å². The van der Waals surface area contributed by atoms with E-state index in [2.05, 4.69) is 17.0 Å². The number of nitrogens with zero attached hydrogens (tertiary/aromatic N) is 4. The zero-order chi connectivity index (χ0) is 13.2. The molecule has 19 heavy (non-hydrogen) atoms. The van der Waals surface area contributed by atoms with Gasteiger partial charge in [-0.3, -0.25) is 4.79 Å². The normalized spacial score (nSPS) is 19.2. The maximum absolute atomic E-state index is 12.4. The average Bonchev–Trinajstić information content (AvgIpc) is 3.04. The number of hydrogen-bond donors (Lipinski definition) is 0. The second kappa shape index (κ2) is 4.99. The quantitative estimate of drug-likeness (QED) is 0.846. The highest BCUT2D eigenvalue weighted by Gasteiger charge is 2.27. The molecule has 0 bridgehead atoms. The molecule has 1 amide bonds. The molecule has 3 heterocycles. The highest BCUT2D eigenvalue weighted by Crippen LogP contribution is 2.22. The molecule has 1 unspecified atom stereocenters. The summed E-state index contributed by atoms with van der Waals surface area (Å²) in [4.78, 5) is 18.5. The fraction of sp³-hybridized carbons (Fsp3) is 0.500. The van der Waals surface area contributed by atoms with E-state index in [9.17, 15) is 4.79 Å². The Kier molecular flexibility index (Phi) is 3.19. The minimum absolute atomic E-state index is 0.0316. The molecule has 1 aliphatic rings. The molecule has 0 radical (unpaired) electrons. The smallest absolute Gasteiger partial charge is 0.274 e. The van der Waals surface area contributed by atoms with Gasteiger partial charge in [-0.15, -0.1) is 0 Å². The van der Waals surface area contributed by atoms with Crippen molar-refractivity contribution < 1.29 is 4.79 Å². The average molecular weight is 258 g/mol. The molecule has 2 aromatic rings. The molecule has 1 aliphatic heterocycles. The summed E-state index contributed by atoms with van der Waals surface area (Å²) in [6.45, 7) is 3.91. The van der Waals surface area contributed by atoms with Gasteiger partial charge >= 0.3 is 0 Å². The molecule has 0 spiro atoms. The molecule has 1 atom stereocenters. The minimum atomic E-state index is 0.0316. The molecule has 0 aliphatic carbocycles. The van der Waals surface area contributed by atoms with Crippen molar-refractivity contribution in [1.82, 2.24) is 19.5 Å². The first kappa shape index (κ1) is 12.1. The van der Waals surface area contributed by atoms with E-state index in [0.29, 0.717) is 11.6 Å². The van der Waals surface area contributed by atoms with Crippen LogP contribution in [0.5, 0.6) is 0 Å². The topological polar surface area (TPSA) is 50.5 Å². The highest BCUT2D eigenvalue weighted by atomic mass is 16.2. The summed E-state index contributed by atoms with van der Waals surface area (Å²) in [7, 11) is 0. The van der Waals surface area contributed by atoms with Gasteiger partial charge in [0.05, 0.1) is 0 Å². The van der Waals surface area contributed by atoms with E-state index in [1.165, 1.54) is 12.8 Å². The van der Waals surface area contributed by atoms with Gasteiger partial charge in [0.1, 0.15) is 0 Å². The monoisotopic (exact) mass is 258 g/mol. The van der Waals surface area contributed by atoms with Crippen molar-refractivity contribution in [2.45, 2.75) is 26.2 Å². The van der Waals surface area contributed by atoms with Crippen molar-refractivity contribution in [2.75, 3.05) is 13.1 Å². The van der Waals surface area contributed by atoms with Gasteiger partial charge in [0.2, 0.25) is 0 Å². The fourth-order valence-electron chi connectivity index (χ4n) is 2.76. The molecule has 2 aromatic heterocycles. The van der Waals surface area contributed by atoms with E-state index in [1.54, 1.807) is 22.8 Å². The van der Waals surface area contributed by atoms with Crippen LogP contribution in [0, 0.1) is 5.92 Å². The summed E-state index contributed by atoms with van der Waals surface area (Å²) in [5.74, 6) is 0.688. The third kappa shape index (κ3) is 2.32. The molecule has 5 nitrogen and oxygen atoms in total. The SMILES string of the molecule is CCCC1CCN(C(=O)c2cc3ncccn3n2)C1. The molecule has 3 rings (SSSR count). The van der Waals surface area contributed by atoms with Crippen molar-refractivity contribution in [3.05, 3.63) is 30.2 Å². The van der Waals surface area contributed by atoms with Gasteiger partial charge in [-0.25, -0.2) is 9.50 Å². The van der Waals surface area contributed by atoms with Crippen LogP contribution in [0.3, 0.4) is 0 Å². The minimum Gasteiger partial charge on any atom is -0.337 e. The van der Waals surface area contributed by atoms with E-state index in [4.69, 9.17) is 0 Å². The molecular weight excluding hydrogens is 240 g/mol. The van der Waals surface area contributed by atoms with E-state index >= 15 is 0 Å². The summed E-state index contributed by atoms with van der Waals surface area (Å²) in [5.41, 5.74) is 1.21. The Balaban J connectivity index is 1.77. The predicted octanol–water partition coefficient (Wildman–Crippen LogP) is 1.99. The standard InChI is InChI=1S/C14H18N4O/c1-2-4-11-5-8-17(10-11)14(19)12-9-13-15-6-3-7-18(13)16-12/h3,6-7,9,11H,2,4-5,8,10H2,1H3. The predicted molar refractivity (Wildman–Crippen MR) is 71.9 cm³/mol. The molecule has 0 saturated carbocycles. The Hall–Kier alpha value is -1.91. The summed E-state index contributed by atoms with van der Waals surface area (Å²) < 4.78 is 1.65. The Morgan fingerprint density at radius 2 is 2.42 bits per heavy atom. The molecular formula is C14H18N4O. The number of hydrogen-bond acceptors (Lipinski definition) is 3. The van der Waals surface area contributed by atoms with Crippen LogP contribution in [0.25, 0.3) is 5.65 Å². The van der Waals surface area contributed by atoms with Gasteiger partial charge in [-0.2, -0.15) is 5.10 Å². The van der Waals surface area contributed by atoms with Crippen LogP contribution >= 0.6 is 0 Å². The first-order valence-corrected chi connectivity index (χ1v) is 6.87. The van der Waals surface area contributed by atoms with Crippen LogP contribution < -0.4 is 0 Å². The van der Waals surface area contributed by atoms with Crippen LogP contribution in [0.2, 0.25) is 0 Å². The first-order chi connectivity index (χ1) is 9.28. The van der Waals surface area contributed by atoms with Crippen LogP contribution in [0.1, 0.15) is 36.7 Å². The van der Waals surface area contributed by atoms with Gasteiger partial charge in [0.15, 0.2) is 11.3 Å². The van der Waals surface area contributed by atoms with E-state index < -0.39 is 0 Å².